The zero-order valence-corrected chi connectivity index (χ0v) is 10.8. The average Bonchev–Trinajstić information content (AvgIpc) is 2.63. The largest absolute Gasteiger partial charge is 0.316 e. The lowest BCUT2D eigenvalue weighted by Crippen LogP contribution is -2.07. The second-order valence-electron chi connectivity index (χ2n) is 3.53. The summed E-state index contributed by atoms with van der Waals surface area (Å²) in [6.07, 6.45) is 3.64. The van der Waals surface area contributed by atoms with E-state index in [1.165, 1.54) is 5.56 Å². The summed E-state index contributed by atoms with van der Waals surface area (Å²) in [6.45, 7) is 2.87. The number of hydrogen-bond acceptors (Lipinski definition) is 3. The molecule has 84 valence electrons. The average molecular weight is 281 g/mol. The van der Waals surface area contributed by atoms with E-state index in [-0.39, 0.29) is 0 Å². The van der Waals surface area contributed by atoms with Gasteiger partial charge in [0, 0.05) is 28.5 Å². The Labute approximate surface area is 103 Å². The monoisotopic (exact) mass is 280 g/mol. The molecular formula is C11H13BrN4. The normalized spacial score (nSPS) is 10.7. The van der Waals surface area contributed by atoms with Gasteiger partial charge in [-0.05, 0) is 42.0 Å². The van der Waals surface area contributed by atoms with Gasteiger partial charge in [0.1, 0.15) is 0 Å². The molecule has 0 saturated carbocycles. The maximum atomic E-state index is 4.33. The molecule has 0 aromatic carbocycles. The van der Waals surface area contributed by atoms with Crippen LogP contribution in [0.1, 0.15) is 11.3 Å². The highest BCUT2D eigenvalue weighted by atomic mass is 79.9. The molecule has 4 nitrogen and oxygen atoms in total. The van der Waals surface area contributed by atoms with Crippen molar-refractivity contribution in [3.05, 3.63) is 40.3 Å². The first-order chi connectivity index (χ1) is 7.72. The van der Waals surface area contributed by atoms with Crippen molar-refractivity contribution in [1.82, 2.24) is 20.1 Å². The molecular weight excluding hydrogens is 268 g/mol. The van der Waals surface area contributed by atoms with E-state index in [9.17, 15) is 0 Å². The van der Waals surface area contributed by atoms with Crippen molar-refractivity contribution in [1.29, 1.82) is 0 Å². The van der Waals surface area contributed by atoms with Gasteiger partial charge in [0.2, 0.25) is 0 Å². The SMILES string of the molecule is CNCc1cnn(-c2ccc(Br)cn2)c1C. The molecule has 2 aromatic rings. The summed E-state index contributed by atoms with van der Waals surface area (Å²) in [5.74, 6) is 0.836. The summed E-state index contributed by atoms with van der Waals surface area (Å²) < 4.78 is 2.82. The fourth-order valence-corrected chi connectivity index (χ4v) is 1.77. The number of halogens is 1. The van der Waals surface area contributed by atoms with E-state index in [0.717, 1.165) is 22.5 Å². The summed E-state index contributed by atoms with van der Waals surface area (Å²) in [7, 11) is 1.93. The molecule has 16 heavy (non-hydrogen) atoms. The van der Waals surface area contributed by atoms with E-state index in [1.54, 1.807) is 6.20 Å². The zero-order valence-electron chi connectivity index (χ0n) is 9.24. The highest BCUT2D eigenvalue weighted by Crippen LogP contribution is 2.14. The molecule has 0 fully saturated rings. The van der Waals surface area contributed by atoms with Crippen LogP contribution in [0.3, 0.4) is 0 Å². The Kier molecular flexibility index (Phi) is 3.36. The Balaban J connectivity index is 2.37. The fourth-order valence-electron chi connectivity index (χ4n) is 1.53. The van der Waals surface area contributed by atoms with Gasteiger partial charge in [-0.2, -0.15) is 5.10 Å². The minimum absolute atomic E-state index is 0.822. The summed E-state index contributed by atoms with van der Waals surface area (Å²) in [5.41, 5.74) is 2.30. The van der Waals surface area contributed by atoms with E-state index in [1.807, 2.05) is 37.0 Å². The van der Waals surface area contributed by atoms with Crippen molar-refractivity contribution in [3.63, 3.8) is 0 Å². The molecule has 0 saturated heterocycles. The molecule has 0 spiro atoms. The first kappa shape index (κ1) is 11.3. The van der Waals surface area contributed by atoms with Gasteiger partial charge in [-0.15, -0.1) is 0 Å². The molecule has 2 aromatic heterocycles. The number of rotatable bonds is 3. The minimum atomic E-state index is 0.822. The minimum Gasteiger partial charge on any atom is -0.316 e. The number of pyridine rings is 1. The maximum Gasteiger partial charge on any atom is 0.153 e. The standard InChI is InChI=1S/C11H13BrN4/c1-8-9(5-13-2)6-15-16(8)11-4-3-10(12)7-14-11/h3-4,6-7,13H,5H2,1-2H3. The number of nitrogens with zero attached hydrogens (tertiary/aromatic N) is 3. The van der Waals surface area contributed by atoms with Gasteiger partial charge >= 0.3 is 0 Å². The van der Waals surface area contributed by atoms with Crippen LogP contribution in [0.5, 0.6) is 0 Å². The Morgan fingerprint density at radius 1 is 1.38 bits per heavy atom. The molecule has 1 N–H and O–H groups in total. The highest BCUT2D eigenvalue weighted by molar-refractivity contribution is 9.10. The van der Waals surface area contributed by atoms with Crippen LogP contribution in [0.25, 0.3) is 5.82 Å². The molecule has 5 heteroatoms. The smallest absolute Gasteiger partial charge is 0.153 e. The first-order valence-corrected chi connectivity index (χ1v) is 5.81. The van der Waals surface area contributed by atoms with Crippen LogP contribution in [-0.4, -0.2) is 21.8 Å². The van der Waals surface area contributed by atoms with Crippen LogP contribution in [0.2, 0.25) is 0 Å². The topological polar surface area (TPSA) is 42.7 Å². The highest BCUT2D eigenvalue weighted by Gasteiger charge is 2.07. The maximum absolute atomic E-state index is 4.33. The zero-order chi connectivity index (χ0) is 11.5. The molecule has 0 aliphatic rings. The predicted molar refractivity (Wildman–Crippen MR) is 66.6 cm³/mol. The number of aromatic nitrogens is 3. The second kappa shape index (κ2) is 4.76. The lowest BCUT2D eigenvalue weighted by atomic mass is 10.2. The Hall–Kier alpha value is -1.20. The van der Waals surface area contributed by atoms with Crippen molar-refractivity contribution < 1.29 is 0 Å². The first-order valence-electron chi connectivity index (χ1n) is 5.02. The van der Waals surface area contributed by atoms with Gasteiger partial charge in [-0.25, -0.2) is 9.67 Å². The molecule has 0 unspecified atom stereocenters. The van der Waals surface area contributed by atoms with Crippen LogP contribution in [0, 0.1) is 6.92 Å². The van der Waals surface area contributed by atoms with Crippen LogP contribution < -0.4 is 5.32 Å². The quantitative estimate of drug-likeness (QED) is 0.936. The lowest BCUT2D eigenvalue weighted by molar-refractivity contribution is 0.792. The Morgan fingerprint density at radius 3 is 2.81 bits per heavy atom. The van der Waals surface area contributed by atoms with E-state index in [2.05, 4.69) is 31.3 Å². The Morgan fingerprint density at radius 2 is 2.19 bits per heavy atom. The summed E-state index contributed by atoms with van der Waals surface area (Å²) in [6, 6.07) is 3.90. The number of nitrogens with one attached hydrogen (secondary N) is 1. The third kappa shape index (κ3) is 2.15. The van der Waals surface area contributed by atoms with Crippen molar-refractivity contribution in [2.24, 2.45) is 0 Å². The third-order valence-electron chi connectivity index (χ3n) is 2.41. The van der Waals surface area contributed by atoms with Gasteiger partial charge in [-0.1, -0.05) is 0 Å². The van der Waals surface area contributed by atoms with Gasteiger partial charge in [0.05, 0.1) is 6.20 Å². The molecule has 0 radical (unpaired) electrons. The van der Waals surface area contributed by atoms with Gasteiger partial charge < -0.3 is 5.32 Å². The Bertz CT molecular complexity index is 475. The molecule has 0 amide bonds. The molecule has 0 atom stereocenters. The van der Waals surface area contributed by atoms with Crippen molar-refractivity contribution in [3.8, 4) is 5.82 Å². The third-order valence-corrected chi connectivity index (χ3v) is 2.88. The van der Waals surface area contributed by atoms with E-state index >= 15 is 0 Å². The van der Waals surface area contributed by atoms with Crippen molar-refractivity contribution >= 4 is 15.9 Å². The van der Waals surface area contributed by atoms with Crippen LogP contribution in [0.4, 0.5) is 0 Å². The van der Waals surface area contributed by atoms with Crippen LogP contribution >= 0.6 is 15.9 Å². The van der Waals surface area contributed by atoms with E-state index in [4.69, 9.17) is 0 Å². The summed E-state index contributed by atoms with van der Waals surface area (Å²) in [5, 5.41) is 7.45. The number of hydrogen-bond donors (Lipinski definition) is 1. The van der Waals surface area contributed by atoms with Crippen LogP contribution in [-0.2, 0) is 6.54 Å². The summed E-state index contributed by atoms with van der Waals surface area (Å²) in [4.78, 5) is 4.32. The molecule has 0 aliphatic heterocycles. The molecule has 2 rings (SSSR count). The second-order valence-corrected chi connectivity index (χ2v) is 4.45. The lowest BCUT2D eigenvalue weighted by Gasteiger charge is -2.04. The van der Waals surface area contributed by atoms with E-state index in [0.29, 0.717) is 0 Å². The van der Waals surface area contributed by atoms with Gasteiger partial charge in [0.25, 0.3) is 0 Å². The fraction of sp³-hybridized carbons (Fsp3) is 0.273. The molecule has 0 aliphatic carbocycles. The molecule has 0 bridgehead atoms. The van der Waals surface area contributed by atoms with Crippen molar-refractivity contribution in [2.75, 3.05) is 7.05 Å². The molecule has 2 heterocycles. The predicted octanol–water partition coefficient (Wildman–Crippen LogP) is 2.06. The van der Waals surface area contributed by atoms with Gasteiger partial charge in [-0.3, -0.25) is 0 Å². The van der Waals surface area contributed by atoms with E-state index < -0.39 is 0 Å². The summed E-state index contributed by atoms with van der Waals surface area (Å²) >= 11 is 3.36. The van der Waals surface area contributed by atoms with Gasteiger partial charge in [0.15, 0.2) is 5.82 Å². The van der Waals surface area contributed by atoms with Crippen LogP contribution in [0.15, 0.2) is 29.0 Å². The van der Waals surface area contributed by atoms with Crippen molar-refractivity contribution in [2.45, 2.75) is 13.5 Å².